The second kappa shape index (κ2) is 10.9. The average Bonchev–Trinajstić information content (AvgIpc) is 3.16. The van der Waals surface area contributed by atoms with Gasteiger partial charge in [-0.1, -0.05) is 41.7 Å². The van der Waals surface area contributed by atoms with Crippen LogP contribution in [0.3, 0.4) is 0 Å². The minimum Gasteiger partial charge on any atom is -0.496 e. The third-order valence-corrected chi connectivity index (χ3v) is 6.10. The standard InChI is InChI=1S/C24H27N3O4S/c1-4-27(12-13-28)23(30)19-15-18(10-11-20(19)31-3)22-16(2)25-24(32-22)26-21(29)14-17-8-6-5-7-9-17/h5-11,15,28H,4,12-14H2,1-3H3,(H,25,26,29). The number of carbonyl (C=O) groups excluding carboxylic acids is 2. The summed E-state index contributed by atoms with van der Waals surface area (Å²) >= 11 is 1.36. The number of aliphatic hydroxyl groups is 1. The molecule has 32 heavy (non-hydrogen) atoms. The number of nitrogens with one attached hydrogen (secondary N) is 1. The summed E-state index contributed by atoms with van der Waals surface area (Å²) in [5, 5.41) is 12.6. The van der Waals surface area contributed by atoms with E-state index in [-0.39, 0.29) is 31.4 Å². The first-order valence-corrected chi connectivity index (χ1v) is 11.2. The Labute approximate surface area is 191 Å². The Morgan fingerprint density at radius 3 is 2.59 bits per heavy atom. The lowest BCUT2D eigenvalue weighted by atomic mass is 10.1. The van der Waals surface area contributed by atoms with Crippen LogP contribution in [0, 0.1) is 6.92 Å². The molecule has 0 aliphatic carbocycles. The summed E-state index contributed by atoms with van der Waals surface area (Å²) < 4.78 is 5.40. The maximum Gasteiger partial charge on any atom is 0.257 e. The predicted octanol–water partition coefficient (Wildman–Crippen LogP) is 3.76. The van der Waals surface area contributed by atoms with E-state index in [0.29, 0.717) is 23.0 Å². The summed E-state index contributed by atoms with van der Waals surface area (Å²) in [6.07, 6.45) is 0.272. The van der Waals surface area contributed by atoms with Crippen molar-refractivity contribution < 1.29 is 19.4 Å². The van der Waals surface area contributed by atoms with E-state index in [9.17, 15) is 14.7 Å². The third kappa shape index (κ3) is 5.52. The first kappa shape index (κ1) is 23.4. The molecule has 0 fully saturated rings. The number of rotatable bonds is 9. The van der Waals surface area contributed by atoms with Crippen LogP contribution in [-0.4, -0.2) is 53.6 Å². The fourth-order valence-corrected chi connectivity index (χ4v) is 4.35. The van der Waals surface area contributed by atoms with Crippen LogP contribution in [0.4, 0.5) is 5.13 Å². The van der Waals surface area contributed by atoms with E-state index >= 15 is 0 Å². The second-order valence-corrected chi connectivity index (χ2v) is 8.17. The fraction of sp³-hybridized carbons (Fsp3) is 0.292. The number of benzene rings is 2. The van der Waals surface area contributed by atoms with E-state index in [1.807, 2.05) is 50.2 Å². The van der Waals surface area contributed by atoms with Crippen LogP contribution in [0.1, 0.15) is 28.5 Å². The van der Waals surface area contributed by atoms with E-state index in [1.54, 1.807) is 17.0 Å². The van der Waals surface area contributed by atoms with E-state index in [2.05, 4.69) is 10.3 Å². The van der Waals surface area contributed by atoms with Crippen LogP contribution in [0.15, 0.2) is 48.5 Å². The van der Waals surface area contributed by atoms with Crippen LogP contribution < -0.4 is 10.1 Å². The monoisotopic (exact) mass is 453 g/mol. The number of amides is 2. The molecule has 1 aromatic heterocycles. The van der Waals surface area contributed by atoms with Gasteiger partial charge in [0.05, 0.1) is 36.3 Å². The number of likely N-dealkylation sites (N-methyl/N-ethyl adjacent to an activating group) is 1. The molecule has 0 radical (unpaired) electrons. The number of aryl methyl sites for hydroxylation is 1. The highest BCUT2D eigenvalue weighted by atomic mass is 32.1. The maximum absolute atomic E-state index is 13.0. The van der Waals surface area contributed by atoms with Crippen molar-refractivity contribution in [2.45, 2.75) is 20.3 Å². The molecule has 7 nitrogen and oxygen atoms in total. The molecule has 3 aromatic rings. The fourth-order valence-electron chi connectivity index (χ4n) is 3.37. The zero-order chi connectivity index (χ0) is 23.1. The van der Waals surface area contributed by atoms with Gasteiger partial charge in [-0.15, -0.1) is 0 Å². The van der Waals surface area contributed by atoms with E-state index < -0.39 is 0 Å². The summed E-state index contributed by atoms with van der Waals surface area (Å²) in [6.45, 7) is 4.35. The van der Waals surface area contributed by atoms with Gasteiger partial charge in [0, 0.05) is 13.1 Å². The largest absolute Gasteiger partial charge is 0.496 e. The molecule has 2 aromatic carbocycles. The Kier molecular flexibility index (Phi) is 7.97. The molecular weight excluding hydrogens is 426 g/mol. The van der Waals surface area contributed by atoms with Crippen molar-refractivity contribution >= 4 is 28.3 Å². The van der Waals surface area contributed by atoms with E-state index in [0.717, 1.165) is 21.7 Å². The van der Waals surface area contributed by atoms with Crippen LogP contribution in [0.25, 0.3) is 10.4 Å². The summed E-state index contributed by atoms with van der Waals surface area (Å²) in [5.41, 5.74) is 2.92. The van der Waals surface area contributed by atoms with Gasteiger partial charge in [-0.2, -0.15) is 0 Å². The minimum absolute atomic E-state index is 0.110. The van der Waals surface area contributed by atoms with Crippen LogP contribution in [0.2, 0.25) is 0 Å². The van der Waals surface area contributed by atoms with Gasteiger partial charge in [0.1, 0.15) is 5.75 Å². The molecule has 8 heteroatoms. The van der Waals surface area contributed by atoms with Gasteiger partial charge in [-0.3, -0.25) is 9.59 Å². The van der Waals surface area contributed by atoms with Crippen molar-refractivity contribution in [3.63, 3.8) is 0 Å². The number of nitrogens with zero attached hydrogens (tertiary/aromatic N) is 2. The Balaban J connectivity index is 1.84. The molecule has 2 amide bonds. The number of aliphatic hydroxyl groups excluding tert-OH is 1. The number of hydrogen-bond acceptors (Lipinski definition) is 6. The van der Waals surface area contributed by atoms with Crippen molar-refractivity contribution in [2.75, 3.05) is 32.1 Å². The molecule has 0 bridgehead atoms. The molecule has 0 saturated heterocycles. The van der Waals surface area contributed by atoms with Crippen molar-refractivity contribution in [1.29, 1.82) is 0 Å². The molecule has 3 rings (SSSR count). The minimum atomic E-state index is -0.209. The number of thiazole rings is 1. The van der Waals surface area contributed by atoms with Crippen molar-refractivity contribution in [3.8, 4) is 16.2 Å². The molecule has 0 spiro atoms. The molecule has 2 N–H and O–H groups in total. The van der Waals surface area contributed by atoms with Crippen LogP contribution >= 0.6 is 11.3 Å². The Morgan fingerprint density at radius 1 is 1.19 bits per heavy atom. The smallest absolute Gasteiger partial charge is 0.257 e. The van der Waals surface area contributed by atoms with E-state index in [1.165, 1.54) is 18.4 Å². The van der Waals surface area contributed by atoms with E-state index in [4.69, 9.17) is 4.74 Å². The lowest BCUT2D eigenvalue weighted by molar-refractivity contribution is -0.115. The molecule has 0 saturated carbocycles. The Hall–Kier alpha value is -3.23. The van der Waals surface area contributed by atoms with Gasteiger partial charge in [0.2, 0.25) is 5.91 Å². The molecular formula is C24H27N3O4S. The summed E-state index contributed by atoms with van der Waals surface area (Å²) in [6, 6.07) is 14.9. The number of methoxy groups -OCH3 is 1. The zero-order valence-electron chi connectivity index (χ0n) is 18.4. The number of carbonyl (C=O) groups is 2. The highest BCUT2D eigenvalue weighted by Gasteiger charge is 2.21. The van der Waals surface area contributed by atoms with Crippen molar-refractivity contribution in [3.05, 3.63) is 65.4 Å². The summed E-state index contributed by atoms with van der Waals surface area (Å²) in [7, 11) is 1.52. The topological polar surface area (TPSA) is 91.8 Å². The first-order valence-electron chi connectivity index (χ1n) is 10.4. The van der Waals surface area contributed by atoms with Gasteiger partial charge in [-0.05, 0) is 43.2 Å². The third-order valence-electron chi connectivity index (χ3n) is 4.98. The SMILES string of the molecule is CCN(CCO)C(=O)c1cc(-c2sc(NC(=O)Cc3ccccc3)nc2C)ccc1OC. The lowest BCUT2D eigenvalue weighted by Gasteiger charge is -2.21. The molecule has 0 aliphatic rings. The second-order valence-electron chi connectivity index (χ2n) is 7.17. The summed E-state index contributed by atoms with van der Waals surface area (Å²) in [5.74, 6) is 0.122. The number of anilines is 1. The van der Waals surface area contributed by atoms with Gasteiger partial charge < -0.3 is 20.1 Å². The average molecular weight is 454 g/mol. The normalized spacial score (nSPS) is 10.6. The zero-order valence-corrected chi connectivity index (χ0v) is 19.2. The molecule has 1 heterocycles. The number of ether oxygens (including phenoxy) is 1. The van der Waals surface area contributed by atoms with Gasteiger partial charge in [0.15, 0.2) is 5.13 Å². The first-order chi connectivity index (χ1) is 15.5. The van der Waals surface area contributed by atoms with Gasteiger partial charge >= 0.3 is 0 Å². The van der Waals surface area contributed by atoms with Crippen molar-refractivity contribution in [1.82, 2.24) is 9.88 Å². The highest BCUT2D eigenvalue weighted by Crippen LogP contribution is 2.35. The highest BCUT2D eigenvalue weighted by molar-refractivity contribution is 7.19. The molecule has 0 atom stereocenters. The Morgan fingerprint density at radius 2 is 1.94 bits per heavy atom. The quantitative estimate of drug-likeness (QED) is 0.515. The Bertz CT molecular complexity index is 1080. The molecule has 168 valence electrons. The van der Waals surface area contributed by atoms with Crippen LogP contribution in [0.5, 0.6) is 5.75 Å². The predicted molar refractivity (Wildman–Crippen MR) is 126 cm³/mol. The molecule has 0 unspecified atom stereocenters. The summed E-state index contributed by atoms with van der Waals surface area (Å²) in [4.78, 5) is 32.3. The van der Waals surface area contributed by atoms with Gasteiger partial charge in [0.25, 0.3) is 5.91 Å². The van der Waals surface area contributed by atoms with Crippen LogP contribution in [-0.2, 0) is 11.2 Å². The maximum atomic E-state index is 13.0. The van der Waals surface area contributed by atoms with Gasteiger partial charge in [-0.25, -0.2) is 4.98 Å². The van der Waals surface area contributed by atoms with Crippen molar-refractivity contribution in [2.24, 2.45) is 0 Å². The number of hydrogen-bond donors (Lipinski definition) is 2. The molecule has 0 aliphatic heterocycles. The number of aromatic nitrogens is 1. The lowest BCUT2D eigenvalue weighted by Crippen LogP contribution is -2.33.